The van der Waals surface area contributed by atoms with Crippen LogP contribution >= 0.6 is 0 Å². The van der Waals surface area contributed by atoms with Crippen LogP contribution in [0, 0.1) is 0 Å². The Labute approximate surface area is 291 Å². The molecule has 1 saturated carbocycles. The minimum Gasteiger partial charge on any atom is -0.508 e. The van der Waals surface area contributed by atoms with Crippen LogP contribution in [-0.2, 0) is 13.0 Å². The first-order chi connectivity index (χ1) is 24.7. The number of fused-ring (bicyclic) bond motifs is 1. The van der Waals surface area contributed by atoms with Crippen molar-refractivity contribution in [2.45, 2.75) is 62.2 Å². The zero-order chi connectivity index (χ0) is 35.6. The number of imidazole rings is 2. The Balaban J connectivity index is 1.15. The Hall–Kier alpha value is -5.65. The lowest BCUT2D eigenvalue weighted by Gasteiger charge is -2.22. The molecule has 5 aromatic rings. The van der Waals surface area contributed by atoms with Gasteiger partial charge in [0.25, 0.3) is 0 Å². The minimum absolute atomic E-state index is 0.0852. The maximum atomic E-state index is 12.7. The van der Waals surface area contributed by atoms with Crippen molar-refractivity contribution in [1.82, 2.24) is 39.7 Å². The Morgan fingerprint density at radius 2 is 1.80 bits per heavy atom. The number of amides is 2. The predicted octanol–water partition coefficient (Wildman–Crippen LogP) is 0.729. The number of nitrogens with zero attached hydrogens (tertiary/aromatic N) is 6. The fourth-order valence-corrected chi connectivity index (χ4v) is 7.00. The fourth-order valence-electron chi connectivity index (χ4n) is 7.00. The molecular weight excluding hydrogens is 660 g/mol. The zero-order valence-corrected chi connectivity index (χ0v) is 27.5. The number of urea groups is 1. The number of hydrogen-bond donors (Lipinski definition) is 9. The highest BCUT2D eigenvalue weighted by Gasteiger charge is 2.45. The number of carbonyl (C=O) groups is 1. The SMILES string of the molecule is O=C(NCc1cccc(O)c1)N[C@@H]1CCN(c2nc(N[C@H](CO)Cc3ccccc3)c3ncn([C@@H]4C[C@H](n5c(O)c[nH]c5=O)[C@@H](O)[C@H]4O)c3n2)C1. The van der Waals surface area contributed by atoms with Gasteiger partial charge in [-0.15, -0.1) is 0 Å². The largest absolute Gasteiger partial charge is 0.508 e. The number of carbonyl (C=O) groups excluding carboxylic acids is 1. The van der Waals surface area contributed by atoms with Crippen LogP contribution in [0.15, 0.2) is 71.9 Å². The number of phenolic OH excluding ortho intramolecular Hbond substituents is 1. The molecule has 17 nitrogen and oxygen atoms in total. The summed E-state index contributed by atoms with van der Waals surface area (Å²) < 4.78 is 2.66. The summed E-state index contributed by atoms with van der Waals surface area (Å²) in [5, 5.41) is 61.7. The van der Waals surface area contributed by atoms with Crippen molar-refractivity contribution >= 4 is 29.0 Å². The van der Waals surface area contributed by atoms with E-state index in [2.05, 4.69) is 25.9 Å². The van der Waals surface area contributed by atoms with E-state index < -0.39 is 36.0 Å². The normalized spacial score (nSPS) is 22.3. The molecule has 0 bridgehead atoms. The van der Waals surface area contributed by atoms with Gasteiger partial charge < -0.3 is 55.9 Å². The van der Waals surface area contributed by atoms with Crippen molar-refractivity contribution in [1.29, 1.82) is 0 Å². The molecule has 7 rings (SSSR count). The van der Waals surface area contributed by atoms with Crippen molar-refractivity contribution in [3.8, 4) is 11.6 Å². The number of aromatic hydroxyl groups is 2. The Morgan fingerprint density at radius 1 is 1.02 bits per heavy atom. The number of aromatic nitrogens is 6. The molecule has 9 N–H and O–H groups in total. The van der Waals surface area contributed by atoms with Crippen LogP contribution in [-0.4, -0.2) is 105 Å². The lowest BCUT2D eigenvalue weighted by Crippen LogP contribution is -2.43. The third kappa shape index (κ3) is 7.03. The number of rotatable bonds is 11. The maximum absolute atomic E-state index is 12.7. The smallest absolute Gasteiger partial charge is 0.328 e. The van der Waals surface area contributed by atoms with E-state index in [1.165, 1.54) is 6.33 Å². The summed E-state index contributed by atoms with van der Waals surface area (Å²) in [7, 11) is 0. The van der Waals surface area contributed by atoms with Crippen LogP contribution in [0.25, 0.3) is 11.2 Å². The number of H-pyrrole nitrogens is 1. The van der Waals surface area contributed by atoms with Crippen molar-refractivity contribution < 1.29 is 30.3 Å². The molecule has 2 aromatic carbocycles. The average Bonchev–Trinajstić information content (AvgIpc) is 3.91. The first kappa shape index (κ1) is 33.8. The van der Waals surface area contributed by atoms with Gasteiger partial charge in [0.2, 0.25) is 11.8 Å². The van der Waals surface area contributed by atoms with E-state index in [1.54, 1.807) is 28.8 Å². The number of anilines is 2. The third-order valence-corrected chi connectivity index (χ3v) is 9.57. The van der Waals surface area contributed by atoms with E-state index in [9.17, 15) is 35.1 Å². The topological polar surface area (TPSA) is 239 Å². The highest BCUT2D eigenvalue weighted by atomic mass is 16.3. The van der Waals surface area contributed by atoms with E-state index in [-0.39, 0.29) is 43.3 Å². The molecule has 3 aromatic heterocycles. The molecule has 1 aliphatic carbocycles. The molecule has 17 heteroatoms. The molecule has 0 spiro atoms. The molecular formula is C34H40N10O7. The van der Waals surface area contributed by atoms with E-state index in [4.69, 9.17) is 9.97 Å². The zero-order valence-electron chi connectivity index (χ0n) is 27.5. The summed E-state index contributed by atoms with van der Waals surface area (Å²) in [6, 6.07) is 13.6. The lowest BCUT2D eigenvalue weighted by molar-refractivity contribution is 0.00763. The third-order valence-electron chi connectivity index (χ3n) is 9.57. The molecule has 0 radical (unpaired) electrons. The summed E-state index contributed by atoms with van der Waals surface area (Å²) >= 11 is 0. The molecule has 268 valence electrons. The highest BCUT2D eigenvalue weighted by molar-refractivity contribution is 5.85. The second kappa shape index (κ2) is 14.3. The molecule has 2 amide bonds. The standard InChI is InChI=1S/C34H40N10O7/c45-17-22(11-19-5-2-1-3-6-19)38-30-27-31(43(18-37-27)24-13-25(29(49)28(24)48)44-26(47)15-36-34(44)51)41-32(40-30)42-10-9-21(16-42)39-33(50)35-14-20-7-4-8-23(46)12-20/h1-8,12,15,18,21-22,24-25,28-29,45-49H,9-11,13-14,16-17H2,(H,36,51)(H2,35,39,50)(H,38,40,41)/t21-,22+,24-,25+,28+,29-/m1/s1. The van der Waals surface area contributed by atoms with E-state index in [0.29, 0.717) is 48.9 Å². The minimum atomic E-state index is -1.38. The molecule has 0 unspecified atom stereocenters. The maximum Gasteiger partial charge on any atom is 0.328 e. The van der Waals surface area contributed by atoms with Gasteiger partial charge in [0.05, 0.1) is 37.3 Å². The molecule has 51 heavy (non-hydrogen) atoms. The van der Waals surface area contributed by atoms with Gasteiger partial charge in [0, 0.05) is 25.7 Å². The van der Waals surface area contributed by atoms with E-state index >= 15 is 0 Å². The molecule has 1 saturated heterocycles. The van der Waals surface area contributed by atoms with Gasteiger partial charge in [-0.05, 0) is 42.5 Å². The highest BCUT2D eigenvalue weighted by Crippen LogP contribution is 2.41. The summed E-state index contributed by atoms with van der Waals surface area (Å²) in [5.74, 6) is 0.444. The van der Waals surface area contributed by atoms with Crippen LogP contribution in [0.2, 0.25) is 0 Å². The van der Waals surface area contributed by atoms with E-state index in [1.807, 2.05) is 35.2 Å². The fraction of sp³-hybridized carbons (Fsp3) is 0.382. The molecule has 6 atom stereocenters. The summed E-state index contributed by atoms with van der Waals surface area (Å²) in [5.41, 5.74) is 1.87. The van der Waals surface area contributed by atoms with Gasteiger partial charge in [-0.25, -0.2) is 14.6 Å². The van der Waals surface area contributed by atoms with Gasteiger partial charge in [0.15, 0.2) is 17.0 Å². The number of aliphatic hydroxyl groups is 3. The van der Waals surface area contributed by atoms with Crippen molar-refractivity contribution in [3.63, 3.8) is 0 Å². The number of nitrogens with one attached hydrogen (secondary N) is 4. The van der Waals surface area contributed by atoms with Crippen LogP contribution < -0.4 is 26.5 Å². The first-order valence-electron chi connectivity index (χ1n) is 16.8. The van der Waals surface area contributed by atoms with Crippen LogP contribution in [0.5, 0.6) is 11.6 Å². The second-order valence-corrected chi connectivity index (χ2v) is 13.0. The van der Waals surface area contributed by atoms with E-state index in [0.717, 1.165) is 21.9 Å². The Bertz CT molecular complexity index is 2050. The van der Waals surface area contributed by atoms with Crippen molar-refractivity contribution in [2.75, 3.05) is 29.9 Å². The summed E-state index contributed by atoms with van der Waals surface area (Å²) in [6.07, 6.45) is 1.11. The van der Waals surface area contributed by atoms with Gasteiger partial charge in [-0.2, -0.15) is 9.97 Å². The van der Waals surface area contributed by atoms with Gasteiger partial charge in [-0.1, -0.05) is 42.5 Å². The van der Waals surface area contributed by atoms with Gasteiger partial charge in [0.1, 0.15) is 18.0 Å². The number of benzene rings is 2. The average molecular weight is 701 g/mol. The summed E-state index contributed by atoms with van der Waals surface area (Å²) in [4.78, 5) is 43.8. The second-order valence-electron chi connectivity index (χ2n) is 13.0. The number of aliphatic hydroxyl groups excluding tert-OH is 3. The Morgan fingerprint density at radius 3 is 2.55 bits per heavy atom. The van der Waals surface area contributed by atoms with Crippen LogP contribution in [0.3, 0.4) is 0 Å². The molecule has 4 heterocycles. The van der Waals surface area contributed by atoms with Crippen molar-refractivity contribution in [3.05, 3.63) is 88.7 Å². The number of hydrogen-bond acceptors (Lipinski definition) is 12. The predicted molar refractivity (Wildman–Crippen MR) is 185 cm³/mol. The molecule has 2 fully saturated rings. The summed E-state index contributed by atoms with van der Waals surface area (Å²) in [6.45, 7) is 0.959. The molecule has 2 aliphatic rings. The van der Waals surface area contributed by atoms with Crippen LogP contribution in [0.4, 0.5) is 16.6 Å². The van der Waals surface area contributed by atoms with Crippen molar-refractivity contribution in [2.24, 2.45) is 0 Å². The lowest BCUT2D eigenvalue weighted by atomic mass is 10.1. The Kier molecular flexibility index (Phi) is 9.48. The molecule has 1 aliphatic heterocycles. The number of phenols is 1. The number of aromatic amines is 1. The van der Waals surface area contributed by atoms with Gasteiger partial charge >= 0.3 is 11.7 Å². The van der Waals surface area contributed by atoms with Crippen LogP contribution in [0.1, 0.15) is 36.1 Å². The first-order valence-corrected chi connectivity index (χ1v) is 16.8. The monoisotopic (exact) mass is 700 g/mol. The van der Waals surface area contributed by atoms with Gasteiger partial charge in [-0.3, -0.25) is 4.57 Å². The quantitative estimate of drug-likeness (QED) is 0.0927.